The summed E-state index contributed by atoms with van der Waals surface area (Å²) >= 11 is -0.136. The summed E-state index contributed by atoms with van der Waals surface area (Å²) < 4.78 is 18.9. The molecule has 4 heteroatoms. The van der Waals surface area contributed by atoms with Gasteiger partial charge in [-0.1, -0.05) is 0 Å². The Hall–Kier alpha value is -0.190. The van der Waals surface area contributed by atoms with Gasteiger partial charge in [-0.3, -0.25) is 0 Å². The highest BCUT2D eigenvalue weighted by Crippen LogP contribution is 2.14. The zero-order valence-corrected chi connectivity index (χ0v) is 7.17. The van der Waals surface area contributed by atoms with Crippen molar-refractivity contribution < 1.29 is 8.76 Å². The molecule has 0 amide bonds. The lowest BCUT2D eigenvalue weighted by Gasteiger charge is -1.92. The predicted molar refractivity (Wildman–Crippen MR) is 43.5 cm³/mol. The topological polar surface area (TPSA) is 37.3 Å². The Morgan fingerprint density at radius 3 is 2.80 bits per heavy atom. The number of aryl methyl sites for hydroxylation is 1. The maximum absolute atomic E-state index is 10.3. The molecule has 0 aromatic carbocycles. The zero-order valence-electron chi connectivity index (χ0n) is 5.53. The van der Waals surface area contributed by atoms with Crippen molar-refractivity contribution >= 4 is 22.4 Å². The lowest BCUT2D eigenvalue weighted by Crippen LogP contribution is -1.91. The van der Waals surface area contributed by atoms with Crippen molar-refractivity contribution in [3.8, 4) is 0 Å². The second-order valence-electron chi connectivity index (χ2n) is 2.05. The van der Waals surface area contributed by atoms with E-state index in [4.69, 9.17) is 4.55 Å². The van der Waals surface area contributed by atoms with Crippen LogP contribution in [0.2, 0.25) is 0 Å². The summed E-state index contributed by atoms with van der Waals surface area (Å²) in [5.41, 5.74) is 2.08. The van der Waals surface area contributed by atoms with Gasteiger partial charge in [0.1, 0.15) is 0 Å². The van der Waals surface area contributed by atoms with Crippen LogP contribution in [0.5, 0.6) is 0 Å². The van der Waals surface area contributed by atoms with Gasteiger partial charge in [0.15, 0.2) is 11.1 Å². The van der Waals surface area contributed by atoms with E-state index in [-0.39, 0.29) is 5.75 Å². The van der Waals surface area contributed by atoms with Crippen LogP contribution in [0.15, 0.2) is 10.8 Å². The van der Waals surface area contributed by atoms with E-state index >= 15 is 0 Å². The van der Waals surface area contributed by atoms with Crippen molar-refractivity contribution in [2.24, 2.45) is 0 Å². The highest BCUT2D eigenvalue weighted by molar-refractivity contribution is 7.78. The molecule has 1 unspecified atom stereocenters. The first-order valence-corrected chi connectivity index (χ1v) is 5.01. The summed E-state index contributed by atoms with van der Waals surface area (Å²) in [5, 5.41) is 3.88. The standard InChI is InChI=1S/C6H8O2S2/c1-5-2-9-3-6(5)4-10(7)8/h2-3H,4H2,1H3,(H,7,8). The van der Waals surface area contributed by atoms with E-state index in [9.17, 15) is 4.21 Å². The lowest BCUT2D eigenvalue weighted by atomic mass is 10.2. The summed E-state index contributed by atoms with van der Waals surface area (Å²) in [4.78, 5) is 0. The molecule has 0 radical (unpaired) electrons. The minimum Gasteiger partial charge on any atom is -0.306 e. The molecule has 0 fully saturated rings. The summed E-state index contributed by atoms with van der Waals surface area (Å²) in [7, 11) is 0. The van der Waals surface area contributed by atoms with Crippen LogP contribution >= 0.6 is 11.3 Å². The third-order valence-electron chi connectivity index (χ3n) is 1.24. The summed E-state index contributed by atoms with van der Waals surface area (Å²) in [6, 6.07) is 0. The van der Waals surface area contributed by atoms with Crippen LogP contribution in [0, 0.1) is 6.92 Å². The molecule has 1 aromatic heterocycles. The number of rotatable bonds is 2. The van der Waals surface area contributed by atoms with Crippen LogP contribution in [0.25, 0.3) is 0 Å². The molecule has 2 nitrogen and oxygen atoms in total. The van der Waals surface area contributed by atoms with Gasteiger partial charge in [0.05, 0.1) is 5.75 Å². The van der Waals surface area contributed by atoms with Crippen LogP contribution in [0.4, 0.5) is 0 Å². The molecular weight excluding hydrogens is 168 g/mol. The van der Waals surface area contributed by atoms with Gasteiger partial charge in [-0.25, -0.2) is 4.21 Å². The molecule has 10 heavy (non-hydrogen) atoms. The van der Waals surface area contributed by atoms with Gasteiger partial charge in [0.25, 0.3) is 0 Å². The molecule has 0 saturated carbocycles. The molecule has 1 N–H and O–H groups in total. The van der Waals surface area contributed by atoms with Crippen molar-refractivity contribution in [1.82, 2.24) is 0 Å². The van der Waals surface area contributed by atoms with Crippen LogP contribution in [-0.4, -0.2) is 8.76 Å². The molecular formula is C6H8O2S2. The Bertz CT molecular complexity index is 242. The Balaban J connectivity index is 2.74. The molecule has 1 rings (SSSR count). The van der Waals surface area contributed by atoms with Gasteiger partial charge >= 0.3 is 0 Å². The van der Waals surface area contributed by atoms with Gasteiger partial charge in [-0.15, -0.1) is 0 Å². The first-order valence-electron chi connectivity index (χ1n) is 2.79. The Morgan fingerprint density at radius 1 is 1.70 bits per heavy atom. The van der Waals surface area contributed by atoms with Crippen LogP contribution in [0.3, 0.4) is 0 Å². The maximum Gasteiger partial charge on any atom is 0.157 e. The molecule has 0 spiro atoms. The number of hydrogen-bond donors (Lipinski definition) is 1. The Morgan fingerprint density at radius 2 is 2.40 bits per heavy atom. The molecule has 0 aliphatic carbocycles. The SMILES string of the molecule is Cc1cscc1CS(=O)O. The second kappa shape index (κ2) is 3.27. The molecule has 0 aliphatic rings. The molecule has 1 heterocycles. The number of thiophene rings is 1. The summed E-state index contributed by atoms with van der Waals surface area (Å²) in [5.74, 6) is 0.259. The van der Waals surface area contributed by atoms with Crippen molar-refractivity contribution in [3.63, 3.8) is 0 Å². The molecule has 1 atom stereocenters. The fraction of sp³-hybridized carbons (Fsp3) is 0.333. The zero-order chi connectivity index (χ0) is 7.56. The predicted octanol–water partition coefficient (Wildman–Crippen LogP) is 1.78. The van der Waals surface area contributed by atoms with Crippen LogP contribution in [0.1, 0.15) is 11.1 Å². The van der Waals surface area contributed by atoms with Crippen molar-refractivity contribution in [3.05, 3.63) is 21.9 Å². The molecule has 56 valence electrons. The van der Waals surface area contributed by atoms with Gasteiger partial charge in [-0.2, -0.15) is 11.3 Å². The fourth-order valence-corrected chi connectivity index (χ4v) is 2.21. The Kier molecular flexibility index (Phi) is 2.59. The Labute approximate surface area is 66.2 Å². The fourth-order valence-electron chi connectivity index (χ4n) is 0.668. The quantitative estimate of drug-likeness (QED) is 0.697. The minimum absolute atomic E-state index is 0.259. The van der Waals surface area contributed by atoms with E-state index in [2.05, 4.69) is 0 Å². The third kappa shape index (κ3) is 1.90. The van der Waals surface area contributed by atoms with Crippen LogP contribution < -0.4 is 0 Å². The van der Waals surface area contributed by atoms with Gasteiger partial charge < -0.3 is 4.55 Å². The molecule has 1 aromatic rings. The normalized spacial score (nSPS) is 13.4. The highest BCUT2D eigenvalue weighted by Gasteiger charge is 2.01. The first kappa shape index (κ1) is 7.91. The van der Waals surface area contributed by atoms with E-state index in [1.54, 1.807) is 11.3 Å². The third-order valence-corrected chi connectivity index (χ3v) is 2.71. The summed E-state index contributed by atoms with van der Waals surface area (Å²) in [6.07, 6.45) is 0. The molecule has 0 aliphatic heterocycles. The van der Waals surface area contributed by atoms with Crippen LogP contribution in [-0.2, 0) is 16.8 Å². The van der Waals surface area contributed by atoms with E-state index in [1.165, 1.54) is 0 Å². The largest absolute Gasteiger partial charge is 0.306 e. The van der Waals surface area contributed by atoms with Crippen molar-refractivity contribution in [1.29, 1.82) is 0 Å². The van der Waals surface area contributed by atoms with Gasteiger partial charge in [-0.05, 0) is 28.8 Å². The molecule has 0 bridgehead atoms. The van der Waals surface area contributed by atoms with Crippen molar-refractivity contribution in [2.45, 2.75) is 12.7 Å². The lowest BCUT2D eigenvalue weighted by molar-refractivity contribution is 0.563. The van der Waals surface area contributed by atoms with Crippen molar-refractivity contribution in [2.75, 3.05) is 0 Å². The van der Waals surface area contributed by atoms with Gasteiger partial charge in [0, 0.05) is 0 Å². The first-order chi connectivity index (χ1) is 4.70. The highest BCUT2D eigenvalue weighted by atomic mass is 32.2. The number of hydrogen-bond acceptors (Lipinski definition) is 2. The average molecular weight is 176 g/mol. The van der Waals surface area contributed by atoms with E-state index < -0.39 is 11.1 Å². The van der Waals surface area contributed by atoms with E-state index in [1.807, 2.05) is 17.7 Å². The maximum atomic E-state index is 10.3. The minimum atomic E-state index is -1.70. The smallest absolute Gasteiger partial charge is 0.157 e. The molecule has 0 saturated heterocycles. The van der Waals surface area contributed by atoms with E-state index in [0.717, 1.165) is 11.1 Å². The average Bonchev–Trinajstić information content (AvgIpc) is 2.15. The van der Waals surface area contributed by atoms with E-state index in [0.29, 0.717) is 0 Å². The summed E-state index contributed by atoms with van der Waals surface area (Å²) in [6.45, 7) is 1.94. The second-order valence-corrected chi connectivity index (χ2v) is 3.72. The van der Waals surface area contributed by atoms with Gasteiger partial charge in [0.2, 0.25) is 0 Å². The monoisotopic (exact) mass is 176 g/mol.